The molecule has 2 aromatic rings. The molecule has 0 aliphatic carbocycles. The highest BCUT2D eigenvalue weighted by Gasteiger charge is 2.42. The van der Waals surface area contributed by atoms with E-state index in [0.29, 0.717) is 37.7 Å². The lowest BCUT2D eigenvalue weighted by atomic mass is 9.96. The second-order valence-electron chi connectivity index (χ2n) is 17.9. The Morgan fingerprint density at radius 1 is 0.688 bits per heavy atom. The minimum absolute atomic E-state index is 0.0667. The summed E-state index contributed by atoms with van der Waals surface area (Å²) in [5.41, 5.74) is 7.07. The molecule has 3 fully saturated rings. The summed E-state index contributed by atoms with van der Waals surface area (Å²) in [7, 11) is 0. The lowest BCUT2D eigenvalue weighted by Crippen LogP contribution is -2.61. The molecule has 0 bridgehead atoms. The van der Waals surface area contributed by atoms with Crippen molar-refractivity contribution in [1.29, 1.82) is 0 Å². The number of nitrogens with two attached hydrogens (primary N) is 1. The SMILES string of the molecule is CCC(C)C1NC(=O)C(CC(C)C)NC(=O)C2CCCN2C(=O)C(CC(N)=O)NC(=O)C(Cc2c[nH]c3ccccc23)NC(=O)C(C(C)CC)NC(=O)C2CCCN2C(=O)CNC1=O. The number of nitrogens with one attached hydrogen (secondary N) is 7. The largest absolute Gasteiger partial charge is 0.370 e. The number of benzene rings is 1. The highest BCUT2D eigenvalue weighted by molar-refractivity contribution is 6.00. The van der Waals surface area contributed by atoms with Crippen LogP contribution in [-0.2, 0) is 49.6 Å². The number of para-hydroxylation sites is 1. The van der Waals surface area contributed by atoms with Gasteiger partial charge >= 0.3 is 0 Å². The monoisotopic (exact) mass is 891 g/mol. The Balaban J connectivity index is 1.54. The Morgan fingerprint density at radius 3 is 1.88 bits per heavy atom. The first-order valence-electron chi connectivity index (χ1n) is 22.7. The fourth-order valence-corrected chi connectivity index (χ4v) is 8.76. The molecule has 19 nitrogen and oxygen atoms in total. The van der Waals surface area contributed by atoms with Crippen LogP contribution in [0.15, 0.2) is 30.5 Å². The topological polar surface area (TPSA) is 274 Å². The second kappa shape index (κ2) is 22.1. The van der Waals surface area contributed by atoms with Gasteiger partial charge in [-0.25, -0.2) is 0 Å². The van der Waals surface area contributed by atoms with E-state index in [1.165, 1.54) is 9.80 Å². The van der Waals surface area contributed by atoms with Gasteiger partial charge in [0.25, 0.3) is 0 Å². The van der Waals surface area contributed by atoms with Crippen molar-refractivity contribution in [2.45, 2.75) is 142 Å². The normalized spacial score (nSPS) is 27.1. The minimum Gasteiger partial charge on any atom is -0.370 e. The molecule has 0 saturated carbocycles. The summed E-state index contributed by atoms with van der Waals surface area (Å²) in [6.45, 7) is 10.8. The molecule has 19 heteroatoms. The van der Waals surface area contributed by atoms with E-state index >= 15 is 0 Å². The van der Waals surface area contributed by atoms with Crippen molar-refractivity contribution in [3.05, 3.63) is 36.0 Å². The van der Waals surface area contributed by atoms with Gasteiger partial charge in [-0.3, -0.25) is 43.2 Å². The zero-order valence-electron chi connectivity index (χ0n) is 37.8. The van der Waals surface area contributed by atoms with E-state index in [1.807, 2.05) is 52.0 Å². The number of hydrogen-bond acceptors (Lipinski definition) is 9. The lowest BCUT2D eigenvalue weighted by molar-refractivity contribution is -0.143. The number of rotatable bonds is 10. The van der Waals surface area contributed by atoms with Gasteiger partial charge in [-0.1, -0.05) is 72.6 Å². The molecular formula is C45H66N10O9. The Kier molecular flexibility index (Phi) is 16.9. The molecule has 350 valence electrons. The van der Waals surface area contributed by atoms with Gasteiger partial charge in [-0.2, -0.15) is 0 Å². The maximum atomic E-state index is 14.5. The maximum Gasteiger partial charge on any atom is 0.246 e. The van der Waals surface area contributed by atoms with Crippen molar-refractivity contribution in [3.63, 3.8) is 0 Å². The molecule has 1 aromatic heterocycles. The van der Waals surface area contributed by atoms with Crippen LogP contribution in [0.5, 0.6) is 0 Å². The molecule has 9 atom stereocenters. The number of carbonyl (C=O) groups excluding carboxylic acids is 9. The van der Waals surface area contributed by atoms with E-state index < -0.39 is 114 Å². The Morgan fingerprint density at radius 2 is 1.23 bits per heavy atom. The molecule has 3 aliphatic heterocycles. The van der Waals surface area contributed by atoms with Crippen LogP contribution >= 0.6 is 0 Å². The third kappa shape index (κ3) is 12.0. The van der Waals surface area contributed by atoms with Crippen LogP contribution in [0.4, 0.5) is 0 Å². The van der Waals surface area contributed by atoms with Crippen LogP contribution < -0.4 is 37.6 Å². The quantitative estimate of drug-likeness (QED) is 0.162. The van der Waals surface area contributed by atoms with Gasteiger partial charge in [0.1, 0.15) is 42.3 Å². The average molecular weight is 891 g/mol. The van der Waals surface area contributed by atoms with Crippen LogP contribution in [0.3, 0.4) is 0 Å². The number of aromatic nitrogens is 1. The van der Waals surface area contributed by atoms with E-state index in [2.05, 4.69) is 36.9 Å². The number of nitrogens with zero attached hydrogens (tertiary/aromatic N) is 2. The van der Waals surface area contributed by atoms with Crippen molar-refractivity contribution in [3.8, 4) is 0 Å². The minimum atomic E-state index is -1.54. The number of H-pyrrole nitrogens is 1. The van der Waals surface area contributed by atoms with E-state index in [0.717, 1.165) is 10.9 Å². The highest BCUT2D eigenvalue weighted by atomic mass is 16.2. The number of fused-ring (bicyclic) bond motifs is 3. The molecular weight excluding hydrogens is 825 g/mol. The van der Waals surface area contributed by atoms with Crippen molar-refractivity contribution >= 4 is 64.1 Å². The van der Waals surface area contributed by atoms with Crippen LogP contribution in [-0.4, -0.2) is 130 Å². The van der Waals surface area contributed by atoms with Crippen molar-refractivity contribution in [1.82, 2.24) is 46.7 Å². The van der Waals surface area contributed by atoms with Crippen LogP contribution in [0.25, 0.3) is 10.9 Å². The molecule has 9 amide bonds. The first-order chi connectivity index (χ1) is 30.4. The number of hydrogen-bond donors (Lipinski definition) is 8. The predicted octanol–water partition coefficient (Wildman–Crippen LogP) is 0.260. The summed E-state index contributed by atoms with van der Waals surface area (Å²) >= 11 is 0. The van der Waals surface area contributed by atoms with Crippen molar-refractivity contribution < 1.29 is 43.2 Å². The summed E-state index contributed by atoms with van der Waals surface area (Å²) in [6.07, 6.45) is 3.54. The summed E-state index contributed by atoms with van der Waals surface area (Å²) in [5, 5.41) is 17.3. The Labute approximate surface area is 373 Å². The van der Waals surface area contributed by atoms with E-state index in [-0.39, 0.29) is 44.2 Å². The third-order valence-corrected chi connectivity index (χ3v) is 12.8. The first kappa shape index (κ1) is 49.0. The number of primary amides is 1. The second-order valence-corrected chi connectivity index (χ2v) is 17.9. The summed E-state index contributed by atoms with van der Waals surface area (Å²) < 4.78 is 0. The number of aromatic amines is 1. The molecule has 1 aromatic carbocycles. The van der Waals surface area contributed by atoms with Gasteiger partial charge in [0, 0.05) is 36.6 Å². The fourth-order valence-electron chi connectivity index (χ4n) is 8.76. The number of amides is 9. The van der Waals surface area contributed by atoms with Crippen LogP contribution in [0.1, 0.15) is 98.5 Å². The lowest BCUT2D eigenvalue weighted by Gasteiger charge is -2.32. The summed E-state index contributed by atoms with van der Waals surface area (Å²) in [5.74, 6) is -7.08. The van der Waals surface area contributed by atoms with Gasteiger partial charge in [0.05, 0.1) is 13.0 Å². The average Bonchev–Trinajstić information content (AvgIpc) is 4.05. The predicted molar refractivity (Wildman–Crippen MR) is 236 cm³/mol. The summed E-state index contributed by atoms with van der Waals surface area (Å²) in [6, 6.07) is -0.919. The highest BCUT2D eigenvalue weighted by Crippen LogP contribution is 2.23. The molecule has 64 heavy (non-hydrogen) atoms. The molecule has 0 radical (unpaired) electrons. The zero-order valence-corrected chi connectivity index (χ0v) is 37.8. The Bertz CT molecular complexity index is 2070. The van der Waals surface area contributed by atoms with E-state index in [1.54, 1.807) is 20.0 Å². The molecule has 5 rings (SSSR count). The number of carbonyl (C=O) groups is 9. The standard InChI is InChI=1S/C45H66N10O9/c1-7-25(5)37-43(62)48-23-36(57)54-17-11-15-33(54)42(61)53-38(26(6)8-2)44(63)50-31(20-27-22-47-29-14-10-9-13-28(27)29)39(58)51-32(21-35(46)56)45(64)55-18-12-16-34(55)41(60)49-30(19-24(3)4)40(59)52-37/h9-10,13-14,22,24-26,30-34,37-38,47H,7-8,11-12,15-21,23H2,1-6H3,(H2,46,56)(H,48,62)(H,49,60)(H,50,63)(H,51,58)(H,52,59)(H,53,61). The maximum absolute atomic E-state index is 14.5. The summed E-state index contributed by atoms with van der Waals surface area (Å²) in [4.78, 5) is 131. The zero-order chi connectivity index (χ0) is 46.8. The molecule has 9 N–H and O–H groups in total. The Hall–Kier alpha value is -6.01. The smallest absolute Gasteiger partial charge is 0.246 e. The molecule has 3 saturated heterocycles. The first-order valence-corrected chi connectivity index (χ1v) is 22.7. The molecule has 0 spiro atoms. The molecule has 4 heterocycles. The van der Waals surface area contributed by atoms with E-state index in [4.69, 9.17) is 5.73 Å². The molecule has 3 aliphatic rings. The van der Waals surface area contributed by atoms with Gasteiger partial charge in [0.15, 0.2) is 0 Å². The van der Waals surface area contributed by atoms with Gasteiger partial charge in [-0.15, -0.1) is 0 Å². The fraction of sp³-hybridized carbons (Fsp3) is 0.622. The third-order valence-electron chi connectivity index (χ3n) is 12.8. The van der Waals surface area contributed by atoms with Gasteiger partial charge < -0.3 is 52.4 Å². The van der Waals surface area contributed by atoms with Gasteiger partial charge in [0.2, 0.25) is 53.2 Å². The van der Waals surface area contributed by atoms with Gasteiger partial charge in [-0.05, 0) is 61.5 Å². The van der Waals surface area contributed by atoms with Crippen molar-refractivity contribution in [2.24, 2.45) is 23.5 Å². The van der Waals surface area contributed by atoms with E-state index in [9.17, 15) is 43.2 Å². The molecule has 9 unspecified atom stereocenters. The van der Waals surface area contributed by atoms with Crippen LogP contribution in [0.2, 0.25) is 0 Å². The van der Waals surface area contributed by atoms with Crippen LogP contribution in [0, 0.1) is 17.8 Å². The van der Waals surface area contributed by atoms with Crippen molar-refractivity contribution in [2.75, 3.05) is 19.6 Å².